The molecule has 0 radical (unpaired) electrons. The molecule has 1 rings (SSSR count). The molecule has 1 heterocycles. The van der Waals surface area contributed by atoms with Crippen LogP contribution >= 0.6 is 0 Å². The van der Waals surface area contributed by atoms with Crippen LogP contribution in [0.25, 0.3) is 6.08 Å². The van der Waals surface area contributed by atoms with Crippen LogP contribution in [0.2, 0.25) is 0 Å². The standard InChI is InChI=1S/C8H6FNO2/c9-7(8(11)12)5-6-3-1-2-4-10-6/h1-5H,(H,11,12)/b7-5-. The average Bonchev–Trinajstić information content (AvgIpc) is 2.06. The Balaban J connectivity index is 2.89. The molecule has 0 fully saturated rings. The summed E-state index contributed by atoms with van der Waals surface area (Å²) in [4.78, 5) is 13.8. The molecule has 1 aromatic heterocycles. The molecule has 3 nitrogen and oxygen atoms in total. The third kappa shape index (κ3) is 2.16. The van der Waals surface area contributed by atoms with Gasteiger partial charge in [-0.05, 0) is 12.1 Å². The zero-order valence-electron chi connectivity index (χ0n) is 6.07. The van der Waals surface area contributed by atoms with Crippen molar-refractivity contribution < 1.29 is 14.3 Å². The summed E-state index contributed by atoms with van der Waals surface area (Å²) in [5, 5.41) is 8.17. The van der Waals surface area contributed by atoms with E-state index in [-0.39, 0.29) is 5.69 Å². The Bertz CT molecular complexity index is 308. The number of carbonyl (C=O) groups is 1. The fraction of sp³-hybridized carbons (Fsp3) is 0. The van der Waals surface area contributed by atoms with Gasteiger partial charge in [0.05, 0.1) is 5.69 Å². The third-order valence-electron chi connectivity index (χ3n) is 1.17. The summed E-state index contributed by atoms with van der Waals surface area (Å²) in [7, 11) is 0. The number of hydrogen-bond acceptors (Lipinski definition) is 2. The first-order valence-electron chi connectivity index (χ1n) is 3.21. The van der Waals surface area contributed by atoms with Crippen LogP contribution in [0, 0.1) is 0 Å². The summed E-state index contributed by atoms with van der Waals surface area (Å²) in [6.45, 7) is 0. The maximum absolute atomic E-state index is 12.4. The maximum atomic E-state index is 12.4. The highest BCUT2D eigenvalue weighted by Crippen LogP contribution is 2.04. The first kappa shape index (κ1) is 8.39. The predicted octanol–water partition coefficient (Wildman–Crippen LogP) is 1.48. The van der Waals surface area contributed by atoms with Crippen LogP contribution in [0.5, 0.6) is 0 Å². The van der Waals surface area contributed by atoms with E-state index in [1.165, 1.54) is 12.3 Å². The second-order valence-electron chi connectivity index (χ2n) is 2.05. The van der Waals surface area contributed by atoms with Crippen molar-refractivity contribution in [3.05, 3.63) is 35.9 Å². The molecule has 1 aromatic rings. The lowest BCUT2D eigenvalue weighted by atomic mass is 10.3. The SMILES string of the molecule is O=C(O)/C(F)=C/c1ccccn1. The van der Waals surface area contributed by atoms with Gasteiger partial charge >= 0.3 is 5.97 Å². The summed E-state index contributed by atoms with van der Waals surface area (Å²) in [6, 6.07) is 4.83. The van der Waals surface area contributed by atoms with Gasteiger partial charge in [0.15, 0.2) is 0 Å². The molecule has 0 atom stereocenters. The van der Waals surface area contributed by atoms with Crippen LogP contribution in [0.15, 0.2) is 30.2 Å². The van der Waals surface area contributed by atoms with Crippen LogP contribution in [-0.4, -0.2) is 16.1 Å². The minimum Gasteiger partial charge on any atom is -0.476 e. The molecule has 1 N–H and O–H groups in total. The fourth-order valence-electron chi connectivity index (χ4n) is 0.653. The van der Waals surface area contributed by atoms with Crippen LogP contribution in [0.1, 0.15) is 5.69 Å². The summed E-state index contributed by atoms with van der Waals surface area (Å²) in [6.07, 6.45) is 2.32. The minimum atomic E-state index is -1.58. The molecule has 0 amide bonds. The lowest BCUT2D eigenvalue weighted by Gasteiger charge is -1.90. The number of pyridine rings is 1. The minimum absolute atomic E-state index is 0.289. The average molecular weight is 167 g/mol. The number of rotatable bonds is 2. The number of hydrogen-bond donors (Lipinski definition) is 1. The Hall–Kier alpha value is -1.71. The molecule has 62 valence electrons. The number of halogens is 1. The highest BCUT2D eigenvalue weighted by molar-refractivity contribution is 5.89. The third-order valence-corrected chi connectivity index (χ3v) is 1.17. The number of aromatic nitrogens is 1. The predicted molar refractivity (Wildman–Crippen MR) is 41.0 cm³/mol. The first-order valence-corrected chi connectivity index (χ1v) is 3.21. The summed E-state index contributed by atoms with van der Waals surface area (Å²) in [5.41, 5.74) is 0.289. The molecule has 12 heavy (non-hydrogen) atoms. The maximum Gasteiger partial charge on any atom is 0.364 e. The molecule has 0 bridgehead atoms. The largest absolute Gasteiger partial charge is 0.476 e. The van der Waals surface area contributed by atoms with Crippen molar-refractivity contribution in [2.75, 3.05) is 0 Å². The van der Waals surface area contributed by atoms with Crippen molar-refractivity contribution in [3.8, 4) is 0 Å². The molecular formula is C8H6FNO2. The van der Waals surface area contributed by atoms with Gasteiger partial charge < -0.3 is 5.11 Å². The van der Waals surface area contributed by atoms with Crippen molar-refractivity contribution in [1.29, 1.82) is 0 Å². The first-order chi connectivity index (χ1) is 5.70. The van der Waals surface area contributed by atoms with Crippen molar-refractivity contribution in [3.63, 3.8) is 0 Å². The second-order valence-corrected chi connectivity index (χ2v) is 2.05. The summed E-state index contributed by atoms with van der Waals surface area (Å²) < 4.78 is 12.4. The van der Waals surface area contributed by atoms with E-state index in [0.29, 0.717) is 0 Å². The van der Waals surface area contributed by atoms with Crippen LogP contribution < -0.4 is 0 Å². The van der Waals surface area contributed by atoms with E-state index in [1.54, 1.807) is 12.1 Å². The van der Waals surface area contributed by atoms with E-state index in [9.17, 15) is 9.18 Å². The quantitative estimate of drug-likeness (QED) is 0.678. The summed E-state index contributed by atoms with van der Waals surface area (Å²) >= 11 is 0. The number of nitrogens with zero attached hydrogens (tertiary/aromatic N) is 1. The van der Waals surface area contributed by atoms with E-state index < -0.39 is 11.8 Å². The van der Waals surface area contributed by atoms with Crippen LogP contribution in [-0.2, 0) is 4.79 Å². The van der Waals surface area contributed by atoms with E-state index in [1.807, 2.05) is 0 Å². The van der Waals surface area contributed by atoms with E-state index >= 15 is 0 Å². The topological polar surface area (TPSA) is 50.2 Å². The van der Waals surface area contributed by atoms with Gasteiger partial charge in [0.2, 0.25) is 5.83 Å². The molecule has 0 saturated carbocycles. The molecule has 0 aliphatic rings. The number of carboxylic acids is 1. The Morgan fingerprint density at radius 1 is 1.58 bits per heavy atom. The highest BCUT2D eigenvalue weighted by atomic mass is 19.1. The molecule has 0 spiro atoms. The van der Waals surface area contributed by atoms with E-state index in [2.05, 4.69) is 4.98 Å². The van der Waals surface area contributed by atoms with Gasteiger partial charge in [-0.3, -0.25) is 4.98 Å². The van der Waals surface area contributed by atoms with Crippen molar-refractivity contribution in [1.82, 2.24) is 4.98 Å². The van der Waals surface area contributed by atoms with Gasteiger partial charge in [0, 0.05) is 12.3 Å². The van der Waals surface area contributed by atoms with Crippen LogP contribution in [0.3, 0.4) is 0 Å². The van der Waals surface area contributed by atoms with Crippen LogP contribution in [0.4, 0.5) is 4.39 Å². The molecule has 0 unspecified atom stereocenters. The van der Waals surface area contributed by atoms with Crippen molar-refractivity contribution in [2.24, 2.45) is 0 Å². The lowest BCUT2D eigenvalue weighted by molar-refractivity contribution is -0.134. The number of carboxylic acid groups (broad SMARTS) is 1. The molecule has 0 aliphatic carbocycles. The Morgan fingerprint density at radius 2 is 2.33 bits per heavy atom. The zero-order valence-corrected chi connectivity index (χ0v) is 6.07. The van der Waals surface area contributed by atoms with Crippen molar-refractivity contribution in [2.45, 2.75) is 0 Å². The zero-order chi connectivity index (χ0) is 8.97. The normalized spacial score (nSPS) is 11.2. The molecular weight excluding hydrogens is 161 g/mol. The fourth-order valence-corrected chi connectivity index (χ4v) is 0.653. The van der Waals surface area contributed by atoms with E-state index in [0.717, 1.165) is 6.08 Å². The monoisotopic (exact) mass is 167 g/mol. The molecule has 4 heteroatoms. The molecule has 0 aromatic carbocycles. The van der Waals surface area contributed by atoms with Gasteiger partial charge in [0.1, 0.15) is 0 Å². The molecule has 0 aliphatic heterocycles. The van der Waals surface area contributed by atoms with Gasteiger partial charge in [-0.2, -0.15) is 4.39 Å². The lowest BCUT2D eigenvalue weighted by Crippen LogP contribution is -1.94. The van der Waals surface area contributed by atoms with Gasteiger partial charge in [-0.25, -0.2) is 4.79 Å². The smallest absolute Gasteiger partial charge is 0.364 e. The number of aliphatic carboxylic acids is 1. The Morgan fingerprint density at radius 3 is 2.83 bits per heavy atom. The van der Waals surface area contributed by atoms with E-state index in [4.69, 9.17) is 5.11 Å². The van der Waals surface area contributed by atoms with Crippen molar-refractivity contribution >= 4 is 12.0 Å². The summed E-state index contributed by atoms with van der Waals surface area (Å²) in [5.74, 6) is -2.80. The Kier molecular flexibility index (Phi) is 2.53. The van der Waals surface area contributed by atoms with Gasteiger partial charge in [-0.1, -0.05) is 6.07 Å². The Labute approximate surface area is 68.2 Å². The van der Waals surface area contributed by atoms with Gasteiger partial charge in [0.25, 0.3) is 0 Å². The second kappa shape index (κ2) is 3.61. The van der Waals surface area contributed by atoms with Gasteiger partial charge in [-0.15, -0.1) is 0 Å². The highest BCUT2D eigenvalue weighted by Gasteiger charge is 2.04. The molecule has 0 saturated heterocycles.